The molecule has 1 heterocycles. The van der Waals surface area contributed by atoms with Crippen LogP contribution in [0.15, 0.2) is 34.9 Å². The van der Waals surface area contributed by atoms with Crippen molar-refractivity contribution in [3.8, 4) is 11.5 Å². The van der Waals surface area contributed by atoms with Gasteiger partial charge in [0.05, 0.1) is 12.6 Å². The van der Waals surface area contributed by atoms with Crippen molar-refractivity contribution in [2.24, 2.45) is 0 Å². The molecule has 1 atom stereocenters. The van der Waals surface area contributed by atoms with Crippen LogP contribution >= 0.6 is 0 Å². The van der Waals surface area contributed by atoms with Gasteiger partial charge in [0.25, 0.3) is 5.89 Å². The van der Waals surface area contributed by atoms with Gasteiger partial charge < -0.3 is 9.63 Å². The van der Waals surface area contributed by atoms with Crippen LogP contribution < -0.4 is 0 Å². The average Bonchev–Trinajstić information content (AvgIpc) is 2.86. The normalized spacial score (nSPS) is 12.8. The lowest BCUT2D eigenvalue weighted by atomic mass is 10.2. The maximum atomic E-state index is 9.24. The molecule has 19 heavy (non-hydrogen) atoms. The van der Waals surface area contributed by atoms with Gasteiger partial charge in [-0.1, -0.05) is 23.4 Å². The van der Waals surface area contributed by atoms with Gasteiger partial charge >= 0.3 is 0 Å². The van der Waals surface area contributed by atoms with E-state index in [0.29, 0.717) is 18.3 Å². The summed E-state index contributed by atoms with van der Waals surface area (Å²) in [6.45, 7) is 3.20. The standard InChI is InChI=1S/C14H19N3O2/c1-11(18)8-9-17(2)10-13-15-14(19-16-13)12-6-4-3-5-7-12/h3-7,11,18H,8-10H2,1-2H3. The summed E-state index contributed by atoms with van der Waals surface area (Å²) in [5, 5.41) is 13.2. The fraction of sp³-hybridized carbons (Fsp3) is 0.429. The van der Waals surface area contributed by atoms with Crippen LogP contribution in [0.5, 0.6) is 0 Å². The molecule has 0 fully saturated rings. The van der Waals surface area contributed by atoms with E-state index in [2.05, 4.69) is 15.0 Å². The molecule has 0 saturated heterocycles. The van der Waals surface area contributed by atoms with Gasteiger partial charge in [-0.2, -0.15) is 4.98 Å². The Morgan fingerprint density at radius 2 is 2.05 bits per heavy atom. The molecular formula is C14H19N3O2. The van der Waals surface area contributed by atoms with E-state index in [4.69, 9.17) is 4.52 Å². The highest BCUT2D eigenvalue weighted by atomic mass is 16.5. The van der Waals surface area contributed by atoms with Crippen molar-refractivity contribution in [3.63, 3.8) is 0 Å². The number of hydrogen-bond donors (Lipinski definition) is 1. The largest absolute Gasteiger partial charge is 0.393 e. The molecule has 2 aromatic rings. The van der Waals surface area contributed by atoms with Gasteiger partial charge in [0.15, 0.2) is 5.82 Å². The highest BCUT2D eigenvalue weighted by Crippen LogP contribution is 2.16. The SMILES string of the molecule is CC(O)CCN(C)Cc1noc(-c2ccccc2)n1. The number of aliphatic hydroxyl groups excluding tert-OH is 1. The van der Waals surface area contributed by atoms with E-state index in [1.807, 2.05) is 37.4 Å². The maximum Gasteiger partial charge on any atom is 0.257 e. The minimum absolute atomic E-state index is 0.285. The van der Waals surface area contributed by atoms with Gasteiger partial charge in [0, 0.05) is 12.1 Å². The van der Waals surface area contributed by atoms with E-state index >= 15 is 0 Å². The molecule has 102 valence electrons. The second-order valence-corrected chi connectivity index (χ2v) is 4.76. The second-order valence-electron chi connectivity index (χ2n) is 4.76. The molecule has 5 heteroatoms. The van der Waals surface area contributed by atoms with Gasteiger partial charge in [-0.25, -0.2) is 0 Å². The number of nitrogens with zero attached hydrogens (tertiary/aromatic N) is 3. The number of hydrogen-bond acceptors (Lipinski definition) is 5. The van der Waals surface area contributed by atoms with Crippen LogP contribution in [0.2, 0.25) is 0 Å². The van der Waals surface area contributed by atoms with E-state index in [-0.39, 0.29) is 6.10 Å². The smallest absolute Gasteiger partial charge is 0.257 e. The highest BCUT2D eigenvalue weighted by molar-refractivity contribution is 5.51. The molecule has 0 saturated carbocycles. The van der Waals surface area contributed by atoms with Crippen LogP contribution in [0, 0.1) is 0 Å². The Balaban J connectivity index is 1.94. The third-order valence-corrected chi connectivity index (χ3v) is 2.83. The van der Waals surface area contributed by atoms with Crippen molar-refractivity contribution in [1.82, 2.24) is 15.0 Å². The molecule has 1 aromatic carbocycles. The maximum absolute atomic E-state index is 9.24. The highest BCUT2D eigenvalue weighted by Gasteiger charge is 2.10. The molecular weight excluding hydrogens is 242 g/mol. The lowest BCUT2D eigenvalue weighted by Gasteiger charge is -2.14. The van der Waals surface area contributed by atoms with Crippen LogP contribution in [-0.2, 0) is 6.54 Å². The Morgan fingerprint density at radius 1 is 1.32 bits per heavy atom. The van der Waals surface area contributed by atoms with Crippen molar-refractivity contribution in [2.45, 2.75) is 26.0 Å². The predicted octanol–water partition coefficient (Wildman–Crippen LogP) is 1.94. The van der Waals surface area contributed by atoms with Crippen molar-refractivity contribution in [3.05, 3.63) is 36.2 Å². The Labute approximate surface area is 112 Å². The lowest BCUT2D eigenvalue weighted by Crippen LogP contribution is -2.22. The quantitative estimate of drug-likeness (QED) is 0.861. The summed E-state index contributed by atoms with van der Waals surface area (Å²) < 4.78 is 5.24. The predicted molar refractivity (Wildman–Crippen MR) is 72.4 cm³/mol. The van der Waals surface area contributed by atoms with Crippen LogP contribution in [0.4, 0.5) is 0 Å². The zero-order chi connectivity index (χ0) is 13.7. The second kappa shape index (κ2) is 6.45. The van der Waals surface area contributed by atoms with Crippen molar-refractivity contribution in [2.75, 3.05) is 13.6 Å². The Morgan fingerprint density at radius 3 is 2.74 bits per heavy atom. The minimum atomic E-state index is -0.285. The molecule has 0 bridgehead atoms. The monoisotopic (exact) mass is 261 g/mol. The summed E-state index contributed by atoms with van der Waals surface area (Å²) in [5.74, 6) is 1.20. The Bertz CT molecular complexity index is 496. The zero-order valence-corrected chi connectivity index (χ0v) is 11.3. The van der Waals surface area contributed by atoms with Crippen LogP contribution in [0.25, 0.3) is 11.5 Å². The molecule has 0 spiro atoms. The summed E-state index contributed by atoms with van der Waals surface area (Å²) in [6, 6.07) is 9.70. The van der Waals surface area contributed by atoms with Gasteiger partial charge in [0.2, 0.25) is 0 Å². The molecule has 0 aliphatic rings. The molecule has 2 rings (SSSR count). The lowest BCUT2D eigenvalue weighted by molar-refractivity contribution is 0.161. The summed E-state index contributed by atoms with van der Waals surface area (Å²) in [7, 11) is 1.97. The summed E-state index contributed by atoms with van der Waals surface area (Å²) in [5.41, 5.74) is 0.924. The van der Waals surface area contributed by atoms with Gasteiger partial charge in [-0.05, 0) is 32.5 Å². The van der Waals surface area contributed by atoms with E-state index in [9.17, 15) is 5.11 Å². The number of rotatable bonds is 6. The molecule has 0 radical (unpaired) electrons. The summed E-state index contributed by atoms with van der Waals surface area (Å²) >= 11 is 0. The van der Waals surface area contributed by atoms with E-state index in [1.165, 1.54) is 0 Å². The number of benzene rings is 1. The first-order chi connectivity index (χ1) is 9.15. The zero-order valence-electron chi connectivity index (χ0n) is 11.3. The fourth-order valence-corrected chi connectivity index (χ4v) is 1.74. The third kappa shape index (κ3) is 4.15. The molecule has 1 N–H and O–H groups in total. The van der Waals surface area contributed by atoms with E-state index < -0.39 is 0 Å². The first-order valence-electron chi connectivity index (χ1n) is 6.40. The molecule has 1 aromatic heterocycles. The first kappa shape index (κ1) is 13.7. The summed E-state index contributed by atoms with van der Waals surface area (Å²) in [4.78, 5) is 6.43. The molecule has 0 aliphatic heterocycles. The third-order valence-electron chi connectivity index (χ3n) is 2.83. The molecule has 1 unspecified atom stereocenters. The van der Waals surface area contributed by atoms with Crippen LogP contribution in [0.1, 0.15) is 19.2 Å². The topological polar surface area (TPSA) is 62.4 Å². The Kier molecular flexibility index (Phi) is 4.65. The molecule has 5 nitrogen and oxygen atoms in total. The number of aliphatic hydroxyl groups is 1. The van der Waals surface area contributed by atoms with Crippen molar-refractivity contribution < 1.29 is 9.63 Å². The van der Waals surface area contributed by atoms with Crippen molar-refractivity contribution >= 4 is 0 Å². The van der Waals surface area contributed by atoms with Gasteiger partial charge in [-0.3, -0.25) is 4.90 Å². The van der Waals surface area contributed by atoms with Gasteiger partial charge in [0.1, 0.15) is 0 Å². The number of aromatic nitrogens is 2. The fourth-order valence-electron chi connectivity index (χ4n) is 1.74. The Hall–Kier alpha value is -1.72. The van der Waals surface area contributed by atoms with E-state index in [1.54, 1.807) is 6.92 Å². The van der Waals surface area contributed by atoms with E-state index in [0.717, 1.165) is 18.5 Å². The van der Waals surface area contributed by atoms with Crippen LogP contribution in [-0.4, -0.2) is 39.8 Å². The minimum Gasteiger partial charge on any atom is -0.393 e. The average molecular weight is 261 g/mol. The first-order valence-corrected chi connectivity index (χ1v) is 6.40. The van der Waals surface area contributed by atoms with Gasteiger partial charge in [-0.15, -0.1) is 0 Å². The molecule has 0 amide bonds. The van der Waals surface area contributed by atoms with Crippen LogP contribution in [0.3, 0.4) is 0 Å². The molecule has 0 aliphatic carbocycles. The van der Waals surface area contributed by atoms with Crippen molar-refractivity contribution in [1.29, 1.82) is 0 Å². The summed E-state index contributed by atoms with van der Waals surface area (Å²) in [6.07, 6.45) is 0.451.